The Balaban J connectivity index is 1.07. The largest absolute Gasteiger partial charge is 0.453 e. The molecule has 4 aromatic heterocycles. The van der Waals surface area contributed by atoms with Crippen LogP contribution >= 0.6 is 22.7 Å². The number of likely N-dealkylation sites (tertiary alicyclic amines) is 1. The monoisotopic (exact) mass is 774 g/mol. The Morgan fingerprint density at radius 3 is 2.26 bits per heavy atom. The lowest BCUT2D eigenvalue weighted by atomic mass is 9.94. The number of methoxy groups -OCH3 is 2. The van der Waals surface area contributed by atoms with Crippen LogP contribution in [0.1, 0.15) is 77.1 Å². The van der Waals surface area contributed by atoms with E-state index in [0.717, 1.165) is 69.0 Å². The van der Waals surface area contributed by atoms with Crippen LogP contribution in [0.15, 0.2) is 35.2 Å². The van der Waals surface area contributed by atoms with E-state index in [-0.39, 0.29) is 35.6 Å². The lowest BCUT2D eigenvalue weighted by Gasteiger charge is -2.29. The Hall–Kier alpha value is -4.80. The van der Waals surface area contributed by atoms with Crippen molar-refractivity contribution in [1.82, 2.24) is 40.8 Å². The minimum atomic E-state index is -0.690. The normalized spacial score (nSPS) is 19.9. The standard InChI is InChI=1S/C38H46N8O6S2/c1-18(2)29(44-37(49)51-5)31(47)24-11-12-25(40-24)34-41-23-10-9-20(14-26(23)42-34)21-16-53-33-22(17-54-32(21)33)27-15-39-35(43-27)28-8-7-13-46(28)36(48)30(19(3)4)45-38(50)52-6/h9-10,14-19,24-25,28-30,40H,7-8,11-13H2,1-6H3,(H,39,43)(H,41,42)(H,44,49)(H,45,50)/t24?,25?,28?,29-,30?/m0/s1. The van der Waals surface area contributed by atoms with Gasteiger partial charge in [-0.25, -0.2) is 19.6 Å². The number of fused-ring (bicyclic) bond motifs is 2. The maximum Gasteiger partial charge on any atom is 0.407 e. The van der Waals surface area contributed by atoms with Gasteiger partial charge in [-0.15, -0.1) is 22.7 Å². The maximum atomic E-state index is 13.6. The number of nitrogens with zero attached hydrogens (tertiary/aromatic N) is 3. The average molecular weight is 775 g/mol. The van der Waals surface area contributed by atoms with Crippen LogP contribution in [-0.4, -0.2) is 87.6 Å². The van der Waals surface area contributed by atoms with Gasteiger partial charge in [-0.2, -0.15) is 0 Å². The average Bonchev–Trinajstić information content (AvgIpc) is 4.00. The molecule has 5 aromatic rings. The summed E-state index contributed by atoms with van der Waals surface area (Å²) >= 11 is 3.36. The fourth-order valence-corrected chi connectivity index (χ4v) is 9.98. The van der Waals surface area contributed by atoms with Gasteiger partial charge in [-0.3, -0.25) is 14.9 Å². The Kier molecular flexibility index (Phi) is 10.8. The molecule has 0 spiro atoms. The third kappa shape index (κ3) is 7.21. The molecule has 2 saturated heterocycles. The molecule has 2 aliphatic rings. The van der Waals surface area contributed by atoms with Gasteiger partial charge >= 0.3 is 12.2 Å². The van der Waals surface area contributed by atoms with E-state index in [2.05, 4.69) is 48.8 Å². The van der Waals surface area contributed by atoms with Gasteiger partial charge in [-0.05, 0) is 55.2 Å². The first-order valence-corrected chi connectivity index (χ1v) is 20.1. The van der Waals surface area contributed by atoms with Crippen LogP contribution in [0.25, 0.3) is 42.8 Å². The lowest BCUT2D eigenvalue weighted by molar-refractivity contribution is -0.135. The molecule has 5 N–H and O–H groups in total. The van der Waals surface area contributed by atoms with E-state index in [1.54, 1.807) is 22.7 Å². The van der Waals surface area contributed by atoms with Gasteiger partial charge in [0.15, 0.2) is 5.78 Å². The third-order valence-electron chi connectivity index (χ3n) is 10.5. The predicted molar refractivity (Wildman–Crippen MR) is 208 cm³/mol. The summed E-state index contributed by atoms with van der Waals surface area (Å²) in [6.07, 6.45) is 3.69. The van der Waals surface area contributed by atoms with Gasteiger partial charge < -0.3 is 35.0 Å². The van der Waals surface area contributed by atoms with Gasteiger partial charge in [-0.1, -0.05) is 33.8 Å². The number of carbonyl (C=O) groups excluding carboxylic acids is 4. The van der Waals surface area contributed by atoms with Gasteiger partial charge in [0.1, 0.15) is 17.7 Å². The first-order valence-electron chi connectivity index (χ1n) is 18.3. The summed E-state index contributed by atoms with van der Waals surface area (Å²) in [5.41, 5.74) is 5.83. The van der Waals surface area contributed by atoms with Crippen molar-refractivity contribution in [3.63, 3.8) is 0 Å². The van der Waals surface area contributed by atoms with Crippen molar-refractivity contribution >= 4 is 67.0 Å². The van der Waals surface area contributed by atoms with E-state index in [9.17, 15) is 19.2 Å². The van der Waals surface area contributed by atoms with Crippen LogP contribution in [0, 0.1) is 11.8 Å². The quantitative estimate of drug-likeness (QED) is 0.0977. The number of benzene rings is 1. The van der Waals surface area contributed by atoms with E-state index in [0.29, 0.717) is 13.0 Å². The molecule has 286 valence electrons. The molecule has 0 bridgehead atoms. The molecule has 2 aliphatic heterocycles. The molecule has 0 saturated carbocycles. The number of carbonyl (C=O) groups is 4. The minimum absolute atomic E-state index is 0.0560. The minimum Gasteiger partial charge on any atom is -0.453 e. The van der Waals surface area contributed by atoms with Crippen LogP contribution in [-0.2, 0) is 19.1 Å². The molecule has 6 heterocycles. The molecule has 54 heavy (non-hydrogen) atoms. The van der Waals surface area contributed by atoms with Gasteiger partial charge in [0.05, 0.1) is 64.5 Å². The molecule has 0 radical (unpaired) electrons. The number of amides is 3. The SMILES string of the molecule is COC(=O)NC(C(=O)N1CCCC1c1nc(-c2csc3c(-c4ccc5nc(C6CCC(C(=O)[C@@H](NC(=O)OC)C(C)C)N6)[nH]c5c4)csc23)c[nH]1)C(C)C. The first kappa shape index (κ1) is 37.5. The van der Waals surface area contributed by atoms with Crippen molar-refractivity contribution < 1.29 is 28.7 Å². The number of alkyl carbamates (subject to hydrolysis) is 2. The summed E-state index contributed by atoms with van der Waals surface area (Å²) in [6, 6.07) is 4.18. The second kappa shape index (κ2) is 15.5. The second-order valence-corrected chi connectivity index (χ2v) is 16.4. The highest BCUT2D eigenvalue weighted by atomic mass is 32.1. The lowest BCUT2D eigenvalue weighted by Crippen LogP contribution is -2.51. The van der Waals surface area contributed by atoms with Crippen LogP contribution in [0.5, 0.6) is 0 Å². The highest BCUT2D eigenvalue weighted by Gasteiger charge is 2.39. The van der Waals surface area contributed by atoms with Crippen molar-refractivity contribution in [2.24, 2.45) is 11.8 Å². The number of H-pyrrole nitrogens is 2. The summed E-state index contributed by atoms with van der Waals surface area (Å²) in [7, 11) is 2.58. The zero-order valence-corrected chi connectivity index (χ0v) is 32.8. The van der Waals surface area contributed by atoms with Crippen molar-refractivity contribution in [3.05, 3.63) is 46.8 Å². The Morgan fingerprint density at radius 2 is 1.56 bits per heavy atom. The summed E-state index contributed by atoms with van der Waals surface area (Å²) in [4.78, 5) is 69.4. The van der Waals surface area contributed by atoms with Crippen molar-refractivity contribution in [2.45, 2.75) is 83.6 Å². The number of aromatic amines is 2. The number of aromatic nitrogens is 4. The molecule has 14 nitrogen and oxygen atoms in total. The number of hydrogen-bond donors (Lipinski definition) is 5. The van der Waals surface area contributed by atoms with E-state index < -0.39 is 30.3 Å². The molecule has 7 rings (SSSR count). The zero-order chi connectivity index (χ0) is 38.3. The van der Waals surface area contributed by atoms with Crippen LogP contribution in [0.2, 0.25) is 0 Å². The fourth-order valence-electron chi connectivity index (χ4n) is 7.55. The number of ether oxygens (including phenoxy) is 2. The fraction of sp³-hybridized carbons (Fsp3) is 0.474. The van der Waals surface area contributed by atoms with Gasteiger partial charge in [0, 0.05) is 34.6 Å². The summed E-state index contributed by atoms with van der Waals surface area (Å²) in [5.74, 6) is 1.14. The van der Waals surface area contributed by atoms with Gasteiger partial charge in [0.25, 0.3) is 0 Å². The molecule has 16 heteroatoms. The molecular weight excluding hydrogens is 729 g/mol. The van der Waals surface area contributed by atoms with E-state index in [1.165, 1.54) is 18.9 Å². The molecule has 4 unspecified atom stereocenters. The molecule has 2 fully saturated rings. The Morgan fingerprint density at radius 1 is 0.870 bits per heavy atom. The van der Waals surface area contributed by atoms with Crippen LogP contribution < -0.4 is 16.0 Å². The number of Topliss-reactive ketones (excluding diaryl/α,β-unsaturated/α-hetero) is 1. The predicted octanol–water partition coefficient (Wildman–Crippen LogP) is 6.68. The van der Waals surface area contributed by atoms with E-state index in [4.69, 9.17) is 19.4 Å². The molecular formula is C38H46N8O6S2. The Bertz CT molecular complexity index is 2190. The smallest absolute Gasteiger partial charge is 0.407 e. The number of thiophene rings is 2. The summed E-state index contributed by atoms with van der Waals surface area (Å²) in [6.45, 7) is 8.21. The third-order valence-corrected chi connectivity index (χ3v) is 12.6. The number of nitrogens with one attached hydrogen (secondary N) is 5. The van der Waals surface area contributed by atoms with Crippen molar-refractivity contribution in [3.8, 4) is 22.4 Å². The highest BCUT2D eigenvalue weighted by Crippen LogP contribution is 2.44. The number of rotatable bonds is 11. The summed E-state index contributed by atoms with van der Waals surface area (Å²) in [5, 5.41) is 13.2. The van der Waals surface area contributed by atoms with Gasteiger partial charge in [0.2, 0.25) is 5.91 Å². The molecule has 5 atom stereocenters. The van der Waals surface area contributed by atoms with Crippen LogP contribution in [0.3, 0.4) is 0 Å². The Labute approximate surface area is 320 Å². The molecule has 3 amide bonds. The first-order chi connectivity index (χ1) is 26.0. The number of hydrogen-bond acceptors (Lipinski definition) is 11. The number of ketones is 1. The molecule has 1 aromatic carbocycles. The number of imidazole rings is 2. The van der Waals surface area contributed by atoms with Crippen LogP contribution in [0.4, 0.5) is 9.59 Å². The van der Waals surface area contributed by atoms with Crippen molar-refractivity contribution in [1.29, 1.82) is 0 Å². The highest BCUT2D eigenvalue weighted by molar-refractivity contribution is 7.27. The second-order valence-electron chi connectivity index (χ2n) is 14.6. The summed E-state index contributed by atoms with van der Waals surface area (Å²) < 4.78 is 11.8. The van der Waals surface area contributed by atoms with E-state index >= 15 is 0 Å². The maximum absolute atomic E-state index is 13.6. The van der Waals surface area contributed by atoms with E-state index in [1.807, 2.05) is 44.9 Å². The zero-order valence-electron chi connectivity index (χ0n) is 31.1. The molecule has 0 aliphatic carbocycles. The van der Waals surface area contributed by atoms with Crippen molar-refractivity contribution in [2.75, 3.05) is 20.8 Å². The topological polar surface area (TPSA) is 183 Å².